The van der Waals surface area contributed by atoms with Crippen LogP contribution in [0.15, 0.2) is 18.2 Å². The van der Waals surface area contributed by atoms with Crippen LogP contribution in [-0.2, 0) is 0 Å². The first-order valence-corrected chi connectivity index (χ1v) is 4.96. The zero-order chi connectivity index (χ0) is 11.4. The standard InChI is InChI=1S/C11H17N3O/c1-3-6-14(2)10-5-4-8(12)7-9(10)11(13)15/h4-5,7H,3,6,12H2,1-2H3,(H2,13,15). The van der Waals surface area contributed by atoms with Crippen LogP contribution in [-0.4, -0.2) is 19.5 Å². The molecule has 0 fully saturated rings. The van der Waals surface area contributed by atoms with E-state index in [1.54, 1.807) is 12.1 Å². The lowest BCUT2D eigenvalue weighted by Gasteiger charge is -2.20. The highest BCUT2D eigenvalue weighted by molar-refractivity contribution is 5.99. The fraction of sp³-hybridized carbons (Fsp3) is 0.364. The Morgan fingerprint density at radius 3 is 2.67 bits per heavy atom. The summed E-state index contributed by atoms with van der Waals surface area (Å²) in [7, 11) is 1.93. The van der Waals surface area contributed by atoms with E-state index in [0.29, 0.717) is 11.3 Å². The van der Waals surface area contributed by atoms with E-state index in [1.807, 2.05) is 18.0 Å². The molecule has 0 heterocycles. The number of hydrogen-bond donors (Lipinski definition) is 2. The monoisotopic (exact) mass is 207 g/mol. The van der Waals surface area contributed by atoms with E-state index >= 15 is 0 Å². The van der Waals surface area contributed by atoms with Crippen molar-refractivity contribution in [2.24, 2.45) is 5.73 Å². The maximum absolute atomic E-state index is 11.2. The van der Waals surface area contributed by atoms with E-state index in [1.165, 1.54) is 0 Å². The Balaban J connectivity index is 3.10. The third-order valence-corrected chi connectivity index (χ3v) is 2.26. The van der Waals surface area contributed by atoms with Gasteiger partial charge in [-0.3, -0.25) is 4.79 Å². The fourth-order valence-corrected chi connectivity index (χ4v) is 1.54. The van der Waals surface area contributed by atoms with Gasteiger partial charge in [0, 0.05) is 25.0 Å². The number of benzene rings is 1. The van der Waals surface area contributed by atoms with Crippen molar-refractivity contribution in [3.8, 4) is 0 Å². The number of rotatable bonds is 4. The van der Waals surface area contributed by atoms with Gasteiger partial charge in [0.25, 0.3) is 5.91 Å². The molecule has 1 amide bonds. The zero-order valence-electron chi connectivity index (χ0n) is 9.16. The molecule has 15 heavy (non-hydrogen) atoms. The second-order valence-corrected chi connectivity index (χ2v) is 3.56. The lowest BCUT2D eigenvalue weighted by molar-refractivity contribution is 0.100. The maximum Gasteiger partial charge on any atom is 0.250 e. The van der Waals surface area contributed by atoms with Crippen molar-refractivity contribution < 1.29 is 4.79 Å². The van der Waals surface area contributed by atoms with Crippen LogP contribution in [0.25, 0.3) is 0 Å². The average molecular weight is 207 g/mol. The van der Waals surface area contributed by atoms with Crippen molar-refractivity contribution in [1.82, 2.24) is 0 Å². The van der Waals surface area contributed by atoms with Crippen molar-refractivity contribution in [3.05, 3.63) is 23.8 Å². The van der Waals surface area contributed by atoms with Gasteiger partial charge in [0.1, 0.15) is 0 Å². The molecule has 0 aliphatic carbocycles. The van der Waals surface area contributed by atoms with Gasteiger partial charge in [-0.2, -0.15) is 0 Å². The third-order valence-electron chi connectivity index (χ3n) is 2.26. The molecule has 0 saturated heterocycles. The minimum absolute atomic E-state index is 0.444. The van der Waals surface area contributed by atoms with Crippen LogP contribution < -0.4 is 16.4 Å². The predicted molar refractivity (Wildman–Crippen MR) is 62.9 cm³/mol. The number of carbonyl (C=O) groups is 1. The van der Waals surface area contributed by atoms with Crippen LogP contribution in [0.3, 0.4) is 0 Å². The summed E-state index contributed by atoms with van der Waals surface area (Å²) in [4.78, 5) is 13.2. The molecule has 0 aliphatic heterocycles. The van der Waals surface area contributed by atoms with Gasteiger partial charge >= 0.3 is 0 Å². The number of nitrogens with zero attached hydrogens (tertiary/aromatic N) is 1. The molecule has 82 valence electrons. The first-order chi connectivity index (χ1) is 7.06. The van der Waals surface area contributed by atoms with Crippen molar-refractivity contribution in [3.63, 3.8) is 0 Å². The summed E-state index contributed by atoms with van der Waals surface area (Å²) in [5.74, 6) is -0.444. The predicted octanol–water partition coefficient (Wildman–Crippen LogP) is 1.21. The highest BCUT2D eigenvalue weighted by Gasteiger charge is 2.11. The summed E-state index contributed by atoms with van der Waals surface area (Å²) in [6.07, 6.45) is 1.01. The van der Waals surface area contributed by atoms with E-state index in [2.05, 4.69) is 6.92 Å². The molecule has 0 radical (unpaired) electrons. The van der Waals surface area contributed by atoms with Gasteiger partial charge < -0.3 is 16.4 Å². The van der Waals surface area contributed by atoms with E-state index in [4.69, 9.17) is 11.5 Å². The first kappa shape index (κ1) is 11.4. The number of primary amides is 1. The third kappa shape index (κ3) is 2.62. The molecule has 4 nitrogen and oxygen atoms in total. The SMILES string of the molecule is CCCN(C)c1ccc(N)cc1C(N)=O. The second-order valence-electron chi connectivity index (χ2n) is 3.56. The van der Waals surface area contributed by atoms with E-state index in [-0.39, 0.29) is 0 Å². The Bertz CT molecular complexity index is 363. The molecule has 1 aromatic carbocycles. The van der Waals surface area contributed by atoms with E-state index < -0.39 is 5.91 Å². The quantitative estimate of drug-likeness (QED) is 0.729. The second kappa shape index (κ2) is 4.68. The number of carbonyl (C=O) groups excluding carboxylic acids is 1. The minimum atomic E-state index is -0.444. The lowest BCUT2D eigenvalue weighted by Crippen LogP contribution is -2.23. The Labute approximate surface area is 89.9 Å². The number of anilines is 2. The smallest absolute Gasteiger partial charge is 0.250 e. The molecule has 4 N–H and O–H groups in total. The van der Waals surface area contributed by atoms with Crippen LogP contribution in [0.1, 0.15) is 23.7 Å². The van der Waals surface area contributed by atoms with Gasteiger partial charge in [-0.25, -0.2) is 0 Å². The molecule has 0 saturated carbocycles. The number of nitrogens with two attached hydrogens (primary N) is 2. The van der Waals surface area contributed by atoms with Crippen LogP contribution in [0.2, 0.25) is 0 Å². The summed E-state index contributed by atoms with van der Waals surface area (Å²) < 4.78 is 0. The maximum atomic E-state index is 11.2. The molecule has 1 rings (SSSR count). The Hall–Kier alpha value is -1.71. The van der Waals surface area contributed by atoms with E-state index in [9.17, 15) is 4.79 Å². The van der Waals surface area contributed by atoms with Crippen LogP contribution in [0.4, 0.5) is 11.4 Å². The molecule has 0 spiro atoms. The van der Waals surface area contributed by atoms with Gasteiger partial charge in [-0.15, -0.1) is 0 Å². The van der Waals surface area contributed by atoms with Crippen molar-refractivity contribution in [1.29, 1.82) is 0 Å². The molecule has 0 aliphatic rings. The first-order valence-electron chi connectivity index (χ1n) is 4.96. The molecule has 0 bridgehead atoms. The summed E-state index contributed by atoms with van der Waals surface area (Å²) in [6.45, 7) is 2.96. The molecule has 0 unspecified atom stereocenters. The molecule has 0 aromatic heterocycles. The van der Waals surface area contributed by atoms with Crippen LogP contribution in [0, 0.1) is 0 Å². The Morgan fingerprint density at radius 1 is 1.47 bits per heavy atom. The fourth-order valence-electron chi connectivity index (χ4n) is 1.54. The van der Waals surface area contributed by atoms with Gasteiger partial charge in [0.15, 0.2) is 0 Å². The number of amides is 1. The van der Waals surface area contributed by atoms with Crippen LogP contribution in [0.5, 0.6) is 0 Å². The molecular weight excluding hydrogens is 190 g/mol. The van der Waals surface area contributed by atoms with Gasteiger partial charge in [-0.1, -0.05) is 6.92 Å². The number of hydrogen-bond acceptors (Lipinski definition) is 3. The zero-order valence-corrected chi connectivity index (χ0v) is 9.16. The lowest BCUT2D eigenvalue weighted by atomic mass is 10.1. The van der Waals surface area contributed by atoms with Gasteiger partial charge in [0.2, 0.25) is 0 Å². The molecule has 4 heteroatoms. The average Bonchev–Trinajstić information content (AvgIpc) is 2.17. The molecule has 1 aromatic rings. The number of nitrogen functional groups attached to an aromatic ring is 1. The summed E-state index contributed by atoms with van der Waals surface area (Å²) >= 11 is 0. The van der Waals surface area contributed by atoms with Crippen LogP contribution >= 0.6 is 0 Å². The van der Waals surface area contributed by atoms with Crippen molar-refractivity contribution in [2.75, 3.05) is 24.2 Å². The largest absolute Gasteiger partial charge is 0.399 e. The summed E-state index contributed by atoms with van der Waals surface area (Å²) in [6, 6.07) is 5.21. The molecule has 0 atom stereocenters. The Morgan fingerprint density at radius 2 is 2.13 bits per heavy atom. The highest BCUT2D eigenvalue weighted by Crippen LogP contribution is 2.21. The highest BCUT2D eigenvalue weighted by atomic mass is 16.1. The molecular formula is C11H17N3O. The summed E-state index contributed by atoms with van der Waals surface area (Å²) in [5, 5.41) is 0. The summed E-state index contributed by atoms with van der Waals surface area (Å²) in [5.41, 5.74) is 12.8. The topological polar surface area (TPSA) is 72.3 Å². The van der Waals surface area contributed by atoms with Gasteiger partial charge in [0.05, 0.1) is 5.56 Å². The van der Waals surface area contributed by atoms with Crippen molar-refractivity contribution in [2.45, 2.75) is 13.3 Å². The van der Waals surface area contributed by atoms with Crippen molar-refractivity contribution >= 4 is 17.3 Å². The Kier molecular flexibility index (Phi) is 3.55. The van der Waals surface area contributed by atoms with E-state index in [0.717, 1.165) is 18.7 Å². The van der Waals surface area contributed by atoms with Gasteiger partial charge in [-0.05, 0) is 24.6 Å². The normalized spacial score (nSPS) is 10.0. The minimum Gasteiger partial charge on any atom is -0.399 e.